The van der Waals surface area contributed by atoms with Gasteiger partial charge in [-0.3, -0.25) is 4.99 Å². The molecule has 0 amide bonds. The van der Waals surface area contributed by atoms with E-state index in [1.54, 1.807) is 12.5 Å². The Balaban J connectivity index is 2.39. The smallest absolute Gasteiger partial charge is 0.109 e. The van der Waals surface area contributed by atoms with Crippen molar-refractivity contribution in [2.45, 2.75) is 6.92 Å². The molecule has 0 saturated heterocycles. The molecule has 0 aliphatic carbocycles. The number of allylic oxidation sites excluding steroid dienone is 2. The molecule has 0 bridgehead atoms. The van der Waals surface area contributed by atoms with Crippen molar-refractivity contribution in [1.82, 2.24) is 0 Å². The van der Waals surface area contributed by atoms with Crippen molar-refractivity contribution in [3.63, 3.8) is 0 Å². The summed E-state index contributed by atoms with van der Waals surface area (Å²) in [6.07, 6.45) is 5.17. The minimum Gasteiger partial charge on any atom is -0.468 e. The van der Waals surface area contributed by atoms with Gasteiger partial charge in [0.15, 0.2) is 0 Å². The standard InChI is InChI=1S/C12H11NO/c1-10-9-12(13-7-8-14-10)11-5-3-2-4-6-11/h2-9H,1H3. The zero-order valence-electron chi connectivity index (χ0n) is 7.97. The van der Waals surface area contributed by atoms with E-state index in [0.717, 1.165) is 17.0 Å². The van der Waals surface area contributed by atoms with E-state index in [9.17, 15) is 0 Å². The van der Waals surface area contributed by atoms with E-state index in [0.29, 0.717) is 0 Å². The summed E-state index contributed by atoms with van der Waals surface area (Å²) in [5.41, 5.74) is 2.03. The highest BCUT2D eigenvalue weighted by Gasteiger charge is 2.01. The van der Waals surface area contributed by atoms with Crippen LogP contribution in [0, 0.1) is 0 Å². The first-order chi connectivity index (χ1) is 6.86. The van der Waals surface area contributed by atoms with Gasteiger partial charge in [-0.05, 0) is 6.92 Å². The van der Waals surface area contributed by atoms with Gasteiger partial charge in [-0.25, -0.2) is 0 Å². The van der Waals surface area contributed by atoms with E-state index in [1.165, 1.54) is 0 Å². The SMILES string of the molecule is CC1=CC(c2ccccc2)=NC=CO1. The molecule has 1 aliphatic rings. The zero-order valence-corrected chi connectivity index (χ0v) is 7.97. The molecule has 1 aromatic rings. The van der Waals surface area contributed by atoms with Crippen molar-refractivity contribution in [1.29, 1.82) is 0 Å². The summed E-state index contributed by atoms with van der Waals surface area (Å²) < 4.78 is 5.22. The van der Waals surface area contributed by atoms with Crippen LogP contribution in [0.3, 0.4) is 0 Å². The minimum atomic E-state index is 0.848. The number of hydrogen-bond donors (Lipinski definition) is 0. The maximum absolute atomic E-state index is 5.22. The molecule has 0 radical (unpaired) electrons. The fraction of sp³-hybridized carbons (Fsp3) is 0.0833. The number of hydrogen-bond acceptors (Lipinski definition) is 2. The first-order valence-corrected chi connectivity index (χ1v) is 4.49. The van der Waals surface area contributed by atoms with Gasteiger partial charge >= 0.3 is 0 Å². The van der Waals surface area contributed by atoms with E-state index in [2.05, 4.69) is 4.99 Å². The molecule has 0 unspecified atom stereocenters. The highest BCUT2D eigenvalue weighted by Crippen LogP contribution is 2.09. The van der Waals surface area contributed by atoms with Gasteiger partial charge in [0.05, 0.1) is 11.9 Å². The molecule has 14 heavy (non-hydrogen) atoms. The Bertz CT molecular complexity index is 402. The molecular formula is C12H11NO. The van der Waals surface area contributed by atoms with Crippen LogP contribution in [0.4, 0.5) is 0 Å². The fourth-order valence-electron chi connectivity index (χ4n) is 1.28. The highest BCUT2D eigenvalue weighted by atomic mass is 16.5. The third-order valence-electron chi connectivity index (χ3n) is 1.94. The molecule has 1 aromatic carbocycles. The van der Waals surface area contributed by atoms with Gasteiger partial charge in [0, 0.05) is 11.6 Å². The number of aliphatic imine (C=N–C) groups is 1. The molecular weight excluding hydrogens is 174 g/mol. The lowest BCUT2D eigenvalue weighted by Crippen LogP contribution is -1.96. The second-order valence-electron chi connectivity index (χ2n) is 3.04. The molecule has 0 saturated carbocycles. The first kappa shape index (κ1) is 8.75. The first-order valence-electron chi connectivity index (χ1n) is 4.49. The second kappa shape index (κ2) is 3.92. The molecule has 2 rings (SSSR count). The lowest BCUT2D eigenvalue weighted by molar-refractivity contribution is 0.354. The average molecular weight is 185 g/mol. The van der Waals surface area contributed by atoms with Gasteiger partial charge < -0.3 is 4.74 Å². The summed E-state index contributed by atoms with van der Waals surface area (Å²) in [5.74, 6) is 0.848. The largest absolute Gasteiger partial charge is 0.468 e. The van der Waals surface area contributed by atoms with E-state index in [-0.39, 0.29) is 0 Å². The molecule has 0 N–H and O–H groups in total. The number of ether oxygens (including phenoxy) is 1. The van der Waals surface area contributed by atoms with E-state index in [4.69, 9.17) is 4.74 Å². The molecule has 0 fully saturated rings. The predicted molar refractivity (Wildman–Crippen MR) is 57.0 cm³/mol. The van der Waals surface area contributed by atoms with Crippen molar-refractivity contribution in [3.8, 4) is 0 Å². The van der Waals surface area contributed by atoms with Gasteiger partial charge in [-0.2, -0.15) is 0 Å². The molecule has 1 heterocycles. The Morgan fingerprint density at radius 2 is 1.93 bits per heavy atom. The second-order valence-corrected chi connectivity index (χ2v) is 3.04. The van der Waals surface area contributed by atoms with Gasteiger partial charge in [0.2, 0.25) is 0 Å². The lowest BCUT2D eigenvalue weighted by Gasteiger charge is -2.00. The molecule has 2 nitrogen and oxygen atoms in total. The molecule has 0 atom stereocenters. The zero-order chi connectivity index (χ0) is 9.80. The van der Waals surface area contributed by atoms with E-state index < -0.39 is 0 Å². The normalized spacial score (nSPS) is 15.2. The maximum Gasteiger partial charge on any atom is 0.109 e. The molecule has 0 aromatic heterocycles. The Morgan fingerprint density at radius 1 is 1.14 bits per heavy atom. The van der Waals surface area contributed by atoms with Crippen molar-refractivity contribution in [2.75, 3.05) is 0 Å². The third-order valence-corrected chi connectivity index (χ3v) is 1.94. The summed E-state index contributed by atoms with van der Waals surface area (Å²) in [7, 11) is 0. The molecule has 2 heteroatoms. The van der Waals surface area contributed by atoms with Crippen LogP contribution in [0.2, 0.25) is 0 Å². The highest BCUT2D eigenvalue weighted by molar-refractivity contribution is 6.09. The monoisotopic (exact) mass is 185 g/mol. The van der Waals surface area contributed by atoms with Crippen molar-refractivity contribution < 1.29 is 4.74 Å². The number of rotatable bonds is 1. The van der Waals surface area contributed by atoms with Gasteiger partial charge in [0.25, 0.3) is 0 Å². The van der Waals surface area contributed by atoms with Gasteiger partial charge in [0.1, 0.15) is 12.0 Å². The third kappa shape index (κ3) is 1.91. The average Bonchev–Trinajstić information content (AvgIpc) is 2.44. The van der Waals surface area contributed by atoms with Crippen molar-refractivity contribution in [3.05, 3.63) is 60.2 Å². The molecule has 1 aliphatic heterocycles. The van der Waals surface area contributed by atoms with E-state index >= 15 is 0 Å². The summed E-state index contributed by atoms with van der Waals surface area (Å²) in [4.78, 5) is 4.28. The Labute approximate surface area is 83.2 Å². The summed E-state index contributed by atoms with van der Waals surface area (Å²) >= 11 is 0. The number of benzene rings is 1. The van der Waals surface area contributed by atoms with E-state index in [1.807, 2.05) is 43.3 Å². The summed E-state index contributed by atoms with van der Waals surface area (Å²) in [6, 6.07) is 10.0. The predicted octanol–water partition coefficient (Wildman–Crippen LogP) is 2.88. The molecule has 70 valence electrons. The fourth-order valence-corrected chi connectivity index (χ4v) is 1.28. The minimum absolute atomic E-state index is 0.848. The maximum atomic E-state index is 5.22. The van der Waals surface area contributed by atoms with Crippen molar-refractivity contribution in [2.24, 2.45) is 4.99 Å². The van der Waals surface area contributed by atoms with Crippen LogP contribution in [0.15, 0.2) is 59.6 Å². The topological polar surface area (TPSA) is 21.6 Å². The Morgan fingerprint density at radius 3 is 2.71 bits per heavy atom. The van der Waals surface area contributed by atoms with Crippen LogP contribution in [-0.2, 0) is 4.74 Å². The van der Waals surface area contributed by atoms with Crippen LogP contribution >= 0.6 is 0 Å². The Kier molecular flexibility index (Phi) is 2.45. The molecule has 0 spiro atoms. The quantitative estimate of drug-likeness (QED) is 0.659. The summed E-state index contributed by atoms with van der Waals surface area (Å²) in [5, 5.41) is 0. The number of nitrogens with zero attached hydrogens (tertiary/aromatic N) is 1. The van der Waals surface area contributed by atoms with Crippen LogP contribution < -0.4 is 0 Å². The Hall–Kier alpha value is -1.83. The lowest BCUT2D eigenvalue weighted by atomic mass is 10.1. The van der Waals surface area contributed by atoms with Crippen LogP contribution in [0.5, 0.6) is 0 Å². The van der Waals surface area contributed by atoms with Crippen LogP contribution in [0.1, 0.15) is 12.5 Å². The summed E-state index contributed by atoms with van der Waals surface area (Å²) in [6.45, 7) is 1.91. The van der Waals surface area contributed by atoms with Crippen LogP contribution in [0.25, 0.3) is 0 Å². The van der Waals surface area contributed by atoms with Gasteiger partial charge in [-0.15, -0.1) is 0 Å². The van der Waals surface area contributed by atoms with Crippen LogP contribution in [-0.4, -0.2) is 5.71 Å². The van der Waals surface area contributed by atoms with Crippen molar-refractivity contribution >= 4 is 5.71 Å². The van der Waals surface area contributed by atoms with Gasteiger partial charge in [-0.1, -0.05) is 30.3 Å².